The largest absolute Gasteiger partial charge is 0.348 e. The van der Waals surface area contributed by atoms with E-state index in [0.29, 0.717) is 17.8 Å². The maximum absolute atomic E-state index is 12.3. The number of rotatable bonds is 6. The summed E-state index contributed by atoms with van der Waals surface area (Å²) >= 11 is 3.45. The Morgan fingerprint density at radius 1 is 1.00 bits per heavy atom. The standard InChI is InChI=1S/C22H18BrN3O2/c23-19-9-3-1-6-16(19)11-12-21(27)25-15-17-7-2-4-10-20(17)26-22(28)18-8-5-13-24-14-18/h1-14H,15H2,(H,25,27)(H,26,28)/b12-11+. The molecular weight excluding hydrogens is 418 g/mol. The Morgan fingerprint density at radius 2 is 1.79 bits per heavy atom. The summed E-state index contributed by atoms with van der Waals surface area (Å²) in [6, 6.07) is 18.4. The van der Waals surface area contributed by atoms with E-state index in [2.05, 4.69) is 31.5 Å². The molecule has 2 aromatic carbocycles. The fraction of sp³-hybridized carbons (Fsp3) is 0.0455. The van der Waals surface area contributed by atoms with Gasteiger partial charge < -0.3 is 10.6 Å². The van der Waals surface area contributed by atoms with Crippen molar-refractivity contribution in [2.75, 3.05) is 5.32 Å². The average Bonchev–Trinajstić information content (AvgIpc) is 2.73. The molecule has 2 amide bonds. The summed E-state index contributed by atoms with van der Waals surface area (Å²) in [7, 11) is 0. The van der Waals surface area contributed by atoms with Crippen LogP contribution in [0.3, 0.4) is 0 Å². The molecule has 0 radical (unpaired) electrons. The fourth-order valence-electron chi connectivity index (χ4n) is 2.50. The highest BCUT2D eigenvalue weighted by Crippen LogP contribution is 2.18. The number of nitrogens with zero attached hydrogens (tertiary/aromatic N) is 1. The number of anilines is 1. The third-order valence-electron chi connectivity index (χ3n) is 3.96. The summed E-state index contributed by atoms with van der Waals surface area (Å²) < 4.78 is 0.919. The maximum Gasteiger partial charge on any atom is 0.257 e. The third-order valence-corrected chi connectivity index (χ3v) is 4.68. The van der Waals surface area contributed by atoms with Crippen LogP contribution in [-0.2, 0) is 11.3 Å². The van der Waals surface area contributed by atoms with Crippen molar-refractivity contribution in [3.05, 3.63) is 100 Å². The highest BCUT2D eigenvalue weighted by atomic mass is 79.9. The molecule has 6 heteroatoms. The topological polar surface area (TPSA) is 71.1 Å². The van der Waals surface area contributed by atoms with Crippen LogP contribution < -0.4 is 10.6 Å². The summed E-state index contributed by atoms with van der Waals surface area (Å²) in [5, 5.41) is 5.70. The molecule has 0 saturated heterocycles. The molecule has 1 heterocycles. The number of aromatic nitrogens is 1. The molecule has 0 bridgehead atoms. The number of halogens is 1. The molecule has 2 N–H and O–H groups in total. The molecule has 5 nitrogen and oxygen atoms in total. The smallest absolute Gasteiger partial charge is 0.257 e. The van der Waals surface area contributed by atoms with E-state index in [1.807, 2.05) is 42.5 Å². The van der Waals surface area contributed by atoms with E-state index in [-0.39, 0.29) is 11.8 Å². The van der Waals surface area contributed by atoms with E-state index in [4.69, 9.17) is 0 Å². The number of hydrogen-bond donors (Lipinski definition) is 2. The zero-order valence-corrected chi connectivity index (χ0v) is 16.5. The second-order valence-corrected chi connectivity index (χ2v) is 6.78. The van der Waals surface area contributed by atoms with Crippen molar-refractivity contribution >= 4 is 39.5 Å². The van der Waals surface area contributed by atoms with Crippen LogP contribution in [0.25, 0.3) is 6.08 Å². The number of nitrogens with one attached hydrogen (secondary N) is 2. The maximum atomic E-state index is 12.3. The fourth-order valence-corrected chi connectivity index (χ4v) is 2.92. The molecule has 0 fully saturated rings. The number of amides is 2. The van der Waals surface area contributed by atoms with E-state index in [9.17, 15) is 9.59 Å². The summed E-state index contributed by atoms with van der Waals surface area (Å²) in [4.78, 5) is 28.4. The molecule has 0 saturated carbocycles. The zero-order valence-electron chi connectivity index (χ0n) is 14.9. The number of hydrogen-bond acceptors (Lipinski definition) is 3. The molecule has 0 aliphatic heterocycles. The van der Waals surface area contributed by atoms with Gasteiger partial charge in [0.1, 0.15) is 0 Å². The lowest BCUT2D eigenvalue weighted by Crippen LogP contribution is -2.22. The van der Waals surface area contributed by atoms with Gasteiger partial charge in [-0.2, -0.15) is 0 Å². The van der Waals surface area contributed by atoms with Gasteiger partial charge in [0, 0.05) is 35.2 Å². The Kier molecular flexibility index (Phi) is 6.70. The van der Waals surface area contributed by atoms with Gasteiger partial charge >= 0.3 is 0 Å². The Labute approximate surface area is 171 Å². The van der Waals surface area contributed by atoms with E-state index in [1.165, 1.54) is 12.3 Å². The molecule has 0 atom stereocenters. The summed E-state index contributed by atoms with van der Waals surface area (Å²) in [5.41, 5.74) is 2.84. The molecule has 3 rings (SSSR count). The lowest BCUT2D eigenvalue weighted by molar-refractivity contribution is -0.116. The van der Waals surface area contributed by atoms with Crippen LogP contribution in [0, 0.1) is 0 Å². The van der Waals surface area contributed by atoms with E-state index < -0.39 is 0 Å². The quantitative estimate of drug-likeness (QED) is 0.562. The van der Waals surface area contributed by atoms with Gasteiger partial charge in [0.15, 0.2) is 0 Å². The predicted molar refractivity (Wildman–Crippen MR) is 114 cm³/mol. The molecule has 0 aliphatic rings. The lowest BCUT2D eigenvalue weighted by Gasteiger charge is -2.11. The van der Waals surface area contributed by atoms with Gasteiger partial charge in [-0.25, -0.2) is 0 Å². The Bertz CT molecular complexity index is 1000. The first-order valence-corrected chi connectivity index (χ1v) is 9.42. The third kappa shape index (κ3) is 5.37. The van der Waals surface area contributed by atoms with Crippen molar-refractivity contribution in [3.63, 3.8) is 0 Å². The van der Waals surface area contributed by atoms with Crippen LogP contribution in [0.5, 0.6) is 0 Å². The molecule has 0 spiro atoms. The second-order valence-electron chi connectivity index (χ2n) is 5.93. The number of pyridine rings is 1. The molecule has 3 aromatic rings. The van der Waals surface area contributed by atoms with Gasteiger partial charge in [0.05, 0.1) is 5.56 Å². The van der Waals surface area contributed by atoms with Crippen LogP contribution in [-0.4, -0.2) is 16.8 Å². The van der Waals surface area contributed by atoms with E-state index >= 15 is 0 Å². The van der Waals surface area contributed by atoms with Crippen LogP contribution in [0.4, 0.5) is 5.69 Å². The Balaban J connectivity index is 1.63. The highest BCUT2D eigenvalue weighted by molar-refractivity contribution is 9.10. The first-order chi connectivity index (χ1) is 13.6. The van der Waals surface area contributed by atoms with Crippen molar-refractivity contribution in [2.45, 2.75) is 6.54 Å². The predicted octanol–water partition coefficient (Wildman–Crippen LogP) is 4.43. The minimum atomic E-state index is -0.249. The Morgan fingerprint density at radius 3 is 2.57 bits per heavy atom. The van der Waals surface area contributed by atoms with Crippen LogP contribution in [0.2, 0.25) is 0 Å². The monoisotopic (exact) mass is 435 g/mol. The minimum absolute atomic E-state index is 0.218. The van der Waals surface area contributed by atoms with Gasteiger partial charge in [-0.05, 0) is 41.5 Å². The van der Waals surface area contributed by atoms with Gasteiger partial charge in [0.25, 0.3) is 5.91 Å². The SMILES string of the molecule is O=C(/C=C/c1ccccc1Br)NCc1ccccc1NC(=O)c1cccnc1. The number of carbonyl (C=O) groups excluding carboxylic acids is 2. The van der Waals surface area contributed by atoms with Crippen LogP contribution >= 0.6 is 15.9 Å². The molecule has 28 heavy (non-hydrogen) atoms. The highest BCUT2D eigenvalue weighted by Gasteiger charge is 2.09. The van der Waals surface area contributed by atoms with Crippen LogP contribution in [0.1, 0.15) is 21.5 Å². The average molecular weight is 436 g/mol. The van der Waals surface area contributed by atoms with Crippen molar-refractivity contribution < 1.29 is 9.59 Å². The molecule has 0 unspecified atom stereocenters. The summed E-state index contributed by atoms with van der Waals surface area (Å²) in [6.45, 7) is 0.294. The van der Waals surface area contributed by atoms with Gasteiger partial charge in [0.2, 0.25) is 5.91 Å². The normalized spacial score (nSPS) is 10.6. The zero-order chi connectivity index (χ0) is 19.8. The number of benzene rings is 2. The molecule has 140 valence electrons. The molecule has 1 aromatic heterocycles. The van der Waals surface area contributed by atoms with Crippen molar-refractivity contribution in [1.29, 1.82) is 0 Å². The van der Waals surface area contributed by atoms with Crippen LogP contribution in [0.15, 0.2) is 83.6 Å². The lowest BCUT2D eigenvalue weighted by atomic mass is 10.1. The molecular formula is C22H18BrN3O2. The first kappa shape index (κ1) is 19.5. The summed E-state index contributed by atoms with van der Waals surface area (Å²) in [6.07, 6.45) is 6.35. The van der Waals surface area contributed by atoms with Gasteiger partial charge in [-0.3, -0.25) is 14.6 Å². The summed E-state index contributed by atoms with van der Waals surface area (Å²) in [5.74, 6) is -0.468. The first-order valence-electron chi connectivity index (χ1n) is 8.63. The number of carbonyl (C=O) groups is 2. The van der Waals surface area contributed by atoms with E-state index in [1.54, 1.807) is 30.5 Å². The van der Waals surface area contributed by atoms with E-state index in [0.717, 1.165) is 15.6 Å². The Hall–Kier alpha value is -3.25. The number of para-hydroxylation sites is 1. The van der Waals surface area contributed by atoms with Crippen molar-refractivity contribution in [1.82, 2.24) is 10.3 Å². The second kappa shape index (κ2) is 9.62. The van der Waals surface area contributed by atoms with Crippen molar-refractivity contribution in [2.24, 2.45) is 0 Å². The van der Waals surface area contributed by atoms with Gasteiger partial charge in [-0.15, -0.1) is 0 Å². The van der Waals surface area contributed by atoms with Gasteiger partial charge in [-0.1, -0.05) is 52.3 Å². The van der Waals surface area contributed by atoms with Crippen molar-refractivity contribution in [3.8, 4) is 0 Å². The minimum Gasteiger partial charge on any atom is -0.348 e. The molecule has 0 aliphatic carbocycles.